The van der Waals surface area contributed by atoms with Crippen molar-refractivity contribution in [3.05, 3.63) is 0 Å². The SMILES string of the molecule is CCCNC(C#N)CCN(C)C1CCOC1. The van der Waals surface area contributed by atoms with Gasteiger partial charge in [-0.1, -0.05) is 6.92 Å². The van der Waals surface area contributed by atoms with Crippen LogP contribution in [0.4, 0.5) is 0 Å². The Morgan fingerprint density at radius 2 is 2.44 bits per heavy atom. The molecular formula is C12H23N3O. The number of nitriles is 1. The van der Waals surface area contributed by atoms with Crippen LogP contribution in [0.3, 0.4) is 0 Å². The predicted octanol–water partition coefficient (Wildman–Crippen LogP) is 0.989. The summed E-state index contributed by atoms with van der Waals surface area (Å²) >= 11 is 0. The first-order valence-electron chi connectivity index (χ1n) is 6.19. The molecule has 92 valence electrons. The van der Waals surface area contributed by atoms with E-state index in [1.165, 1.54) is 0 Å². The average Bonchev–Trinajstić information content (AvgIpc) is 2.82. The quantitative estimate of drug-likeness (QED) is 0.702. The number of hydrogen-bond acceptors (Lipinski definition) is 4. The van der Waals surface area contributed by atoms with Gasteiger partial charge in [-0.05, 0) is 32.9 Å². The molecule has 0 aromatic rings. The molecule has 1 saturated heterocycles. The second-order valence-corrected chi connectivity index (χ2v) is 4.42. The van der Waals surface area contributed by atoms with Crippen molar-refractivity contribution < 1.29 is 4.74 Å². The van der Waals surface area contributed by atoms with Crippen LogP contribution in [-0.4, -0.2) is 50.3 Å². The third-order valence-electron chi connectivity index (χ3n) is 3.10. The Morgan fingerprint density at radius 3 is 3.00 bits per heavy atom. The van der Waals surface area contributed by atoms with Crippen LogP contribution in [0.1, 0.15) is 26.2 Å². The highest BCUT2D eigenvalue weighted by atomic mass is 16.5. The molecule has 4 nitrogen and oxygen atoms in total. The molecule has 0 bridgehead atoms. The molecule has 1 aliphatic heterocycles. The van der Waals surface area contributed by atoms with Crippen molar-refractivity contribution in [3.8, 4) is 6.07 Å². The van der Waals surface area contributed by atoms with Crippen molar-refractivity contribution in [2.45, 2.75) is 38.3 Å². The van der Waals surface area contributed by atoms with Crippen LogP contribution in [-0.2, 0) is 4.74 Å². The van der Waals surface area contributed by atoms with Crippen LogP contribution in [0, 0.1) is 11.3 Å². The monoisotopic (exact) mass is 225 g/mol. The summed E-state index contributed by atoms with van der Waals surface area (Å²) in [5.74, 6) is 0. The van der Waals surface area contributed by atoms with Gasteiger partial charge in [-0.25, -0.2) is 0 Å². The number of likely N-dealkylation sites (N-methyl/N-ethyl adjacent to an activating group) is 1. The fourth-order valence-corrected chi connectivity index (χ4v) is 1.92. The zero-order chi connectivity index (χ0) is 11.8. The summed E-state index contributed by atoms with van der Waals surface area (Å²) in [5, 5.41) is 12.2. The van der Waals surface area contributed by atoms with Gasteiger partial charge in [-0.3, -0.25) is 0 Å². The number of nitrogens with zero attached hydrogens (tertiary/aromatic N) is 2. The summed E-state index contributed by atoms with van der Waals surface area (Å²) in [5.41, 5.74) is 0. The van der Waals surface area contributed by atoms with Crippen LogP contribution in [0.15, 0.2) is 0 Å². The molecule has 2 atom stereocenters. The molecule has 1 heterocycles. The Hall–Kier alpha value is -0.630. The first-order valence-corrected chi connectivity index (χ1v) is 6.19. The van der Waals surface area contributed by atoms with E-state index in [4.69, 9.17) is 10.00 Å². The standard InChI is InChI=1S/C12H23N3O/c1-3-6-14-11(9-13)4-7-15(2)12-5-8-16-10-12/h11-12,14H,3-8,10H2,1-2H3. The molecule has 16 heavy (non-hydrogen) atoms. The predicted molar refractivity (Wildman–Crippen MR) is 64.2 cm³/mol. The summed E-state index contributed by atoms with van der Waals surface area (Å²) in [6.45, 7) is 5.72. The summed E-state index contributed by atoms with van der Waals surface area (Å²) in [4.78, 5) is 2.31. The molecule has 0 spiro atoms. The first-order chi connectivity index (χ1) is 7.77. The molecule has 0 aliphatic carbocycles. The van der Waals surface area contributed by atoms with Crippen molar-refractivity contribution in [3.63, 3.8) is 0 Å². The van der Waals surface area contributed by atoms with Crippen molar-refractivity contribution in [2.75, 3.05) is 33.4 Å². The molecule has 0 aromatic carbocycles. The zero-order valence-electron chi connectivity index (χ0n) is 10.4. The van der Waals surface area contributed by atoms with Gasteiger partial charge in [0, 0.05) is 19.2 Å². The van der Waals surface area contributed by atoms with Crippen LogP contribution in [0.2, 0.25) is 0 Å². The molecule has 1 rings (SSSR count). The molecular weight excluding hydrogens is 202 g/mol. The van der Waals surface area contributed by atoms with E-state index in [1.54, 1.807) is 0 Å². The average molecular weight is 225 g/mol. The molecule has 1 aliphatic rings. The Morgan fingerprint density at radius 1 is 1.62 bits per heavy atom. The first kappa shape index (κ1) is 13.4. The van der Waals surface area contributed by atoms with Crippen molar-refractivity contribution in [1.29, 1.82) is 5.26 Å². The van der Waals surface area contributed by atoms with Crippen molar-refractivity contribution in [1.82, 2.24) is 10.2 Å². The van der Waals surface area contributed by atoms with Gasteiger partial charge in [0.05, 0.1) is 18.7 Å². The van der Waals surface area contributed by atoms with Crippen LogP contribution in [0.5, 0.6) is 0 Å². The minimum Gasteiger partial charge on any atom is -0.380 e. The molecule has 0 saturated carbocycles. The summed E-state index contributed by atoms with van der Waals surface area (Å²) < 4.78 is 5.35. The Balaban J connectivity index is 2.18. The summed E-state index contributed by atoms with van der Waals surface area (Å²) in [6, 6.07) is 2.85. The van der Waals surface area contributed by atoms with Gasteiger partial charge in [-0.15, -0.1) is 0 Å². The van der Waals surface area contributed by atoms with Gasteiger partial charge >= 0.3 is 0 Å². The van der Waals surface area contributed by atoms with Crippen LogP contribution in [0.25, 0.3) is 0 Å². The summed E-state index contributed by atoms with van der Waals surface area (Å²) in [6.07, 6.45) is 3.09. The highest BCUT2D eigenvalue weighted by Crippen LogP contribution is 2.11. The fourth-order valence-electron chi connectivity index (χ4n) is 1.92. The molecule has 4 heteroatoms. The van der Waals surface area contributed by atoms with E-state index in [1.807, 2.05) is 0 Å². The molecule has 1 N–H and O–H groups in total. The Labute approximate surface area is 98.6 Å². The van der Waals surface area contributed by atoms with Gasteiger partial charge in [0.25, 0.3) is 0 Å². The number of nitrogens with one attached hydrogen (secondary N) is 1. The van der Waals surface area contributed by atoms with E-state index >= 15 is 0 Å². The van der Waals surface area contributed by atoms with E-state index in [9.17, 15) is 0 Å². The lowest BCUT2D eigenvalue weighted by Gasteiger charge is -2.23. The Kier molecular flexibility index (Phi) is 6.39. The van der Waals surface area contributed by atoms with Gasteiger partial charge in [0.15, 0.2) is 0 Å². The van der Waals surface area contributed by atoms with E-state index in [0.29, 0.717) is 6.04 Å². The lowest BCUT2D eigenvalue weighted by atomic mass is 10.2. The highest BCUT2D eigenvalue weighted by Gasteiger charge is 2.20. The molecule has 0 amide bonds. The molecule has 0 radical (unpaired) electrons. The van der Waals surface area contributed by atoms with E-state index in [-0.39, 0.29) is 6.04 Å². The third-order valence-corrected chi connectivity index (χ3v) is 3.10. The van der Waals surface area contributed by atoms with E-state index < -0.39 is 0 Å². The Bertz CT molecular complexity index is 221. The maximum absolute atomic E-state index is 8.98. The maximum atomic E-state index is 8.98. The second-order valence-electron chi connectivity index (χ2n) is 4.42. The third kappa shape index (κ3) is 4.48. The smallest absolute Gasteiger partial charge is 0.0965 e. The number of hydrogen-bond donors (Lipinski definition) is 1. The molecule has 2 unspecified atom stereocenters. The topological polar surface area (TPSA) is 48.3 Å². The maximum Gasteiger partial charge on any atom is 0.0965 e. The highest BCUT2D eigenvalue weighted by molar-refractivity contribution is 4.90. The molecule has 1 fully saturated rings. The van der Waals surface area contributed by atoms with Crippen LogP contribution >= 0.6 is 0 Å². The largest absolute Gasteiger partial charge is 0.380 e. The zero-order valence-corrected chi connectivity index (χ0v) is 10.4. The minimum atomic E-state index is -0.00952. The van der Waals surface area contributed by atoms with Gasteiger partial charge in [-0.2, -0.15) is 5.26 Å². The lowest BCUT2D eigenvalue weighted by molar-refractivity contribution is 0.157. The van der Waals surface area contributed by atoms with E-state index in [2.05, 4.69) is 30.3 Å². The normalized spacial score (nSPS) is 22.2. The van der Waals surface area contributed by atoms with E-state index in [0.717, 1.165) is 45.6 Å². The van der Waals surface area contributed by atoms with Gasteiger partial charge in [0.2, 0.25) is 0 Å². The summed E-state index contributed by atoms with van der Waals surface area (Å²) in [7, 11) is 2.12. The fraction of sp³-hybridized carbons (Fsp3) is 0.917. The second kappa shape index (κ2) is 7.61. The van der Waals surface area contributed by atoms with Crippen LogP contribution < -0.4 is 5.32 Å². The lowest BCUT2D eigenvalue weighted by Crippen LogP contribution is -2.37. The van der Waals surface area contributed by atoms with Crippen molar-refractivity contribution >= 4 is 0 Å². The molecule has 0 aromatic heterocycles. The van der Waals surface area contributed by atoms with Gasteiger partial charge in [0.1, 0.15) is 0 Å². The van der Waals surface area contributed by atoms with Gasteiger partial charge < -0.3 is 15.0 Å². The van der Waals surface area contributed by atoms with Crippen molar-refractivity contribution in [2.24, 2.45) is 0 Å². The number of ether oxygens (including phenoxy) is 1. The number of rotatable bonds is 7. The minimum absolute atomic E-state index is 0.00952.